The second-order valence-corrected chi connectivity index (χ2v) is 3.36. The van der Waals surface area contributed by atoms with Gasteiger partial charge in [0.25, 0.3) is 0 Å². The molecular weight excluding hydrogens is 198 g/mol. The quantitative estimate of drug-likeness (QED) is 0.522. The van der Waals surface area contributed by atoms with Crippen LogP contribution in [0.4, 0.5) is 0 Å². The molecule has 1 atom stereocenters. The highest BCUT2D eigenvalue weighted by Gasteiger charge is 2.16. The van der Waals surface area contributed by atoms with Crippen LogP contribution in [0, 0.1) is 5.92 Å². The van der Waals surface area contributed by atoms with Crippen molar-refractivity contribution in [2.45, 2.75) is 19.3 Å². The zero-order valence-corrected chi connectivity index (χ0v) is 9.28. The summed E-state index contributed by atoms with van der Waals surface area (Å²) in [5, 5.41) is 8.88. The van der Waals surface area contributed by atoms with E-state index in [1.54, 1.807) is 7.11 Å². The molecule has 0 aromatic carbocycles. The molecule has 90 valence electrons. The first kappa shape index (κ1) is 14.3. The Morgan fingerprint density at radius 3 is 2.60 bits per heavy atom. The normalized spacial score (nSPS) is 12.7. The van der Waals surface area contributed by atoms with Crippen molar-refractivity contribution < 1.29 is 19.4 Å². The molecule has 0 bridgehead atoms. The molecule has 1 unspecified atom stereocenters. The van der Waals surface area contributed by atoms with Crippen LogP contribution >= 0.6 is 0 Å². The van der Waals surface area contributed by atoms with Crippen molar-refractivity contribution in [2.24, 2.45) is 11.7 Å². The first-order chi connectivity index (χ1) is 7.22. The number of hydrogen-bond donors (Lipinski definition) is 2. The molecule has 0 heterocycles. The minimum Gasteiger partial charge on any atom is -0.481 e. The summed E-state index contributed by atoms with van der Waals surface area (Å²) in [7, 11) is 1.60. The fourth-order valence-corrected chi connectivity index (χ4v) is 1.23. The van der Waals surface area contributed by atoms with E-state index in [1.807, 2.05) is 0 Å². The number of aliphatic carboxylic acids is 1. The highest BCUT2D eigenvalue weighted by Crippen LogP contribution is 2.11. The van der Waals surface area contributed by atoms with E-state index in [-0.39, 0.29) is 5.92 Å². The average Bonchev–Trinajstić information content (AvgIpc) is 2.21. The van der Waals surface area contributed by atoms with Gasteiger partial charge in [-0.2, -0.15) is 0 Å². The van der Waals surface area contributed by atoms with Gasteiger partial charge in [-0.05, 0) is 25.8 Å². The van der Waals surface area contributed by atoms with Gasteiger partial charge in [-0.15, -0.1) is 0 Å². The first-order valence-electron chi connectivity index (χ1n) is 5.22. The van der Waals surface area contributed by atoms with Gasteiger partial charge in [-0.1, -0.05) is 0 Å². The van der Waals surface area contributed by atoms with E-state index < -0.39 is 5.97 Å². The summed E-state index contributed by atoms with van der Waals surface area (Å²) < 4.78 is 10.0. The van der Waals surface area contributed by atoms with Gasteiger partial charge >= 0.3 is 5.97 Å². The van der Waals surface area contributed by atoms with Gasteiger partial charge in [0.1, 0.15) is 0 Å². The van der Waals surface area contributed by atoms with E-state index in [9.17, 15) is 4.79 Å². The van der Waals surface area contributed by atoms with Crippen LogP contribution in [0.25, 0.3) is 0 Å². The number of rotatable bonds is 10. The molecule has 0 aliphatic rings. The molecule has 5 nitrogen and oxygen atoms in total. The molecule has 5 heteroatoms. The number of nitrogens with two attached hydrogens (primary N) is 1. The summed E-state index contributed by atoms with van der Waals surface area (Å²) in [6.07, 6.45) is 1.91. The van der Waals surface area contributed by atoms with E-state index in [1.165, 1.54) is 0 Å². The average molecular weight is 219 g/mol. The van der Waals surface area contributed by atoms with E-state index in [0.29, 0.717) is 39.2 Å². The Morgan fingerprint density at radius 2 is 2.07 bits per heavy atom. The Kier molecular flexibility index (Phi) is 9.46. The molecule has 0 saturated carbocycles. The third-order valence-electron chi connectivity index (χ3n) is 2.15. The summed E-state index contributed by atoms with van der Waals surface area (Å²) in [5.41, 5.74) is 5.33. The molecule has 0 aromatic heterocycles. The Bertz CT molecular complexity index is 164. The minimum absolute atomic E-state index is 0.337. The van der Waals surface area contributed by atoms with Crippen molar-refractivity contribution in [2.75, 3.05) is 33.5 Å². The predicted molar refractivity (Wildman–Crippen MR) is 56.7 cm³/mol. The van der Waals surface area contributed by atoms with Crippen molar-refractivity contribution >= 4 is 5.97 Å². The van der Waals surface area contributed by atoms with Crippen LogP contribution in [0.2, 0.25) is 0 Å². The van der Waals surface area contributed by atoms with Crippen LogP contribution in [0.1, 0.15) is 19.3 Å². The van der Waals surface area contributed by atoms with Crippen molar-refractivity contribution in [1.29, 1.82) is 0 Å². The molecule has 0 spiro atoms. The number of carboxylic acid groups (broad SMARTS) is 1. The molecule has 0 aromatic rings. The van der Waals surface area contributed by atoms with Gasteiger partial charge in [-0.25, -0.2) is 0 Å². The number of ether oxygens (including phenoxy) is 2. The highest BCUT2D eigenvalue weighted by atomic mass is 16.5. The standard InChI is InChI=1S/C10H21NO4/c1-14-7-8-15-6-4-9(10(12)13)3-2-5-11/h9H,2-8,11H2,1H3,(H,12,13). The number of methoxy groups -OCH3 is 1. The monoisotopic (exact) mass is 219 g/mol. The summed E-state index contributed by atoms with van der Waals surface area (Å²) in [6.45, 7) is 2.06. The zero-order valence-electron chi connectivity index (χ0n) is 9.28. The summed E-state index contributed by atoms with van der Waals surface area (Å²) >= 11 is 0. The second kappa shape index (κ2) is 9.89. The van der Waals surface area contributed by atoms with Crippen molar-refractivity contribution in [1.82, 2.24) is 0 Å². The maximum Gasteiger partial charge on any atom is 0.306 e. The largest absolute Gasteiger partial charge is 0.481 e. The molecule has 0 radical (unpaired) electrons. The Morgan fingerprint density at radius 1 is 1.33 bits per heavy atom. The van der Waals surface area contributed by atoms with Crippen LogP contribution < -0.4 is 5.73 Å². The van der Waals surface area contributed by atoms with Gasteiger partial charge in [-0.3, -0.25) is 4.79 Å². The smallest absolute Gasteiger partial charge is 0.306 e. The Hall–Kier alpha value is -0.650. The van der Waals surface area contributed by atoms with Gasteiger partial charge in [0.15, 0.2) is 0 Å². The minimum atomic E-state index is -0.765. The Labute approximate surface area is 90.5 Å². The molecule has 15 heavy (non-hydrogen) atoms. The first-order valence-corrected chi connectivity index (χ1v) is 5.22. The van der Waals surface area contributed by atoms with Gasteiger partial charge in [0.2, 0.25) is 0 Å². The molecule has 0 aliphatic heterocycles. The lowest BCUT2D eigenvalue weighted by atomic mass is 10.0. The summed E-state index contributed by atoms with van der Waals surface area (Å²) in [4.78, 5) is 10.8. The lowest BCUT2D eigenvalue weighted by Crippen LogP contribution is -2.18. The predicted octanol–water partition coefficient (Wildman–Crippen LogP) is 0.479. The van der Waals surface area contributed by atoms with Crippen LogP contribution in [-0.4, -0.2) is 44.6 Å². The molecule has 0 amide bonds. The molecule has 3 N–H and O–H groups in total. The van der Waals surface area contributed by atoms with E-state index in [2.05, 4.69) is 0 Å². The van der Waals surface area contributed by atoms with Crippen molar-refractivity contribution in [3.63, 3.8) is 0 Å². The highest BCUT2D eigenvalue weighted by molar-refractivity contribution is 5.69. The van der Waals surface area contributed by atoms with Crippen LogP contribution in [0.3, 0.4) is 0 Å². The van der Waals surface area contributed by atoms with Crippen LogP contribution in [-0.2, 0) is 14.3 Å². The lowest BCUT2D eigenvalue weighted by molar-refractivity contribution is -0.142. The van der Waals surface area contributed by atoms with E-state index >= 15 is 0 Å². The maximum atomic E-state index is 10.8. The van der Waals surface area contributed by atoms with E-state index in [0.717, 1.165) is 6.42 Å². The third kappa shape index (κ3) is 8.35. The lowest BCUT2D eigenvalue weighted by Gasteiger charge is -2.11. The zero-order chi connectivity index (χ0) is 11.5. The summed E-state index contributed by atoms with van der Waals surface area (Å²) in [5.74, 6) is -1.10. The summed E-state index contributed by atoms with van der Waals surface area (Å²) in [6, 6.07) is 0. The van der Waals surface area contributed by atoms with Gasteiger partial charge < -0.3 is 20.3 Å². The SMILES string of the molecule is COCCOCCC(CCCN)C(=O)O. The third-order valence-corrected chi connectivity index (χ3v) is 2.15. The van der Waals surface area contributed by atoms with Crippen LogP contribution in [0.15, 0.2) is 0 Å². The molecule has 0 rings (SSSR count). The van der Waals surface area contributed by atoms with Gasteiger partial charge in [0, 0.05) is 13.7 Å². The van der Waals surface area contributed by atoms with E-state index in [4.69, 9.17) is 20.3 Å². The van der Waals surface area contributed by atoms with Gasteiger partial charge in [0.05, 0.1) is 19.1 Å². The fraction of sp³-hybridized carbons (Fsp3) is 0.900. The Balaban J connectivity index is 3.53. The molecule has 0 aliphatic carbocycles. The number of carboxylic acids is 1. The number of hydrogen-bond acceptors (Lipinski definition) is 4. The van der Waals surface area contributed by atoms with Crippen molar-refractivity contribution in [3.8, 4) is 0 Å². The molecule has 0 fully saturated rings. The van der Waals surface area contributed by atoms with Crippen LogP contribution in [0.5, 0.6) is 0 Å². The topological polar surface area (TPSA) is 81.8 Å². The number of carbonyl (C=O) groups is 1. The fourth-order valence-electron chi connectivity index (χ4n) is 1.23. The van der Waals surface area contributed by atoms with Crippen molar-refractivity contribution in [3.05, 3.63) is 0 Å². The molecular formula is C10H21NO4. The maximum absolute atomic E-state index is 10.8. The second-order valence-electron chi connectivity index (χ2n) is 3.36. The molecule has 0 saturated heterocycles.